The first-order valence-corrected chi connectivity index (χ1v) is 10.8. The average Bonchev–Trinajstić information content (AvgIpc) is 3.08. The van der Waals surface area contributed by atoms with E-state index in [1.54, 1.807) is 0 Å². The Hall–Kier alpha value is -1.88. The first-order valence-electron chi connectivity index (χ1n) is 10.8. The zero-order valence-corrected chi connectivity index (χ0v) is 21.5. The SMILES string of the molecule is CCCOc1cccc(CCNC(=NCc2nnc(C)n2C)NCCCOCC)c1.I. The van der Waals surface area contributed by atoms with Gasteiger partial charge in [0.05, 0.1) is 6.61 Å². The molecule has 8 nitrogen and oxygen atoms in total. The number of hydrogen-bond acceptors (Lipinski definition) is 5. The summed E-state index contributed by atoms with van der Waals surface area (Å²) in [6, 6.07) is 8.27. The molecule has 2 aromatic rings. The summed E-state index contributed by atoms with van der Waals surface area (Å²) >= 11 is 0. The molecule has 2 rings (SSSR count). The highest BCUT2D eigenvalue weighted by molar-refractivity contribution is 14.0. The highest BCUT2D eigenvalue weighted by atomic mass is 127. The van der Waals surface area contributed by atoms with Crippen molar-refractivity contribution in [2.24, 2.45) is 12.0 Å². The van der Waals surface area contributed by atoms with Gasteiger partial charge in [-0.05, 0) is 50.8 Å². The average molecular weight is 544 g/mol. The number of guanidine groups is 1. The molecule has 2 N–H and O–H groups in total. The van der Waals surface area contributed by atoms with Gasteiger partial charge in [0.15, 0.2) is 11.8 Å². The van der Waals surface area contributed by atoms with Crippen LogP contribution in [0.25, 0.3) is 0 Å². The van der Waals surface area contributed by atoms with Crippen LogP contribution in [0, 0.1) is 6.92 Å². The number of aryl methyl sites for hydroxylation is 1. The van der Waals surface area contributed by atoms with Crippen LogP contribution in [-0.2, 0) is 24.8 Å². The summed E-state index contributed by atoms with van der Waals surface area (Å²) in [5.74, 6) is 3.41. The van der Waals surface area contributed by atoms with Gasteiger partial charge in [0.2, 0.25) is 0 Å². The molecule has 0 spiro atoms. The number of ether oxygens (including phenoxy) is 2. The molecule has 174 valence electrons. The Balaban J connectivity index is 0.00000480. The second-order valence-electron chi connectivity index (χ2n) is 7.04. The van der Waals surface area contributed by atoms with E-state index in [2.05, 4.69) is 44.9 Å². The molecule has 0 radical (unpaired) electrons. The van der Waals surface area contributed by atoms with Gasteiger partial charge in [-0.3, -0.25) is 0 Å². The molecule has 0 aliphatic carbocycles. The minimum atomic E-state index is 0. The monoisotopic (exact) mass is 544 g/mol. The normalized spacial score (nSPS) is 11.2. The van der Waals surface area contributed by atoms with Crippen molar-refractivity contribution < 1.29 is 9.47 Å². The van der Waals surface area contributed by atoms with Gasteiger partial charge in [-0.1, -0.05) is 19.1 Å². The molecular weight excluding hydrogens is 507 g/mol. The van der Waals surface area contributed by atoms with Gasteiger partial charge in [-0.25, -0.2) is 4.99 Å². The smallest absolute Gasteiger partial charge is 0.191 e. The van der Waals surface area contributed by atoms with Gasteiger partial charge in [-0.2, -0.15) is 0 Å². The molecule has 0 amide bonds. The van der Waals surface area contributed by atoms with E-state index in [0.29, 0.717) is 6.54 Å². The standard InChI is InChI=1S/C22H36N6O2.HI/c1-5-14-30-20-10-7-9-19(16-20)11-13-24-22(23-12-8-15-29-6-2)25-17-21-27-26-18(3)28(21)4;/h7,9-10,16H,5-6,8,11-15,17H2,1-4H3,(H2,23,24,25);1H. The van der Waals surface area contributed by atoms with Crippen molar-refractivity contribution in [3.8, 4) is 5.75 Å². The minimum absolute atomic E-state index is 0. The lowest BCUT2D eigenvalue weighted by molar-refractivity contribution is 0.145. The minimum Gasteiger partial charge on any atom is -0.494 e. The Labute approximate surface area is 203 Å². The summed E-state index contributed by atoms with van der Waals surface area (Å²) in [6.45, 7) is 10.3. The molecular formula is C22H37IN6O2. The number of halogens is 1. The molecule has 1 aromatic carbocycles. The summed E-state index contributed by atoms with van der Waals surface area (Å²) < 4.78 is 13.1. The number of nitrogens with zero attached hydrogens (tertiary/aromatic N) is 4. The third-order valence-electron chi connectivity index (χ3n) is 4.60. The van der Waals surface area contributed by atoms with Crippen LogP contribution in [0.15, 0.2) is 29.3 Å². The molecule has 0 atom stereocenters. The lowest BCUT2D eigenvalue weighted by atomic mass is 10.1. The number of aromatic nitrogens is 3. The van der Waals surface area contributed by atoms with Crippen LogP contribution in [0.4, 0.5) is 0 Å². The van der Waals surface area contributed by atoms with Crippen LogP contribution < -0.4 is 15.4 Å². The summed E-state index contributed by atoms with van der Waals surface area (Å²) in [5.41, 5.74) is 1.23. The van der Waals surface area contributed by atoms with Crippen LogP contribution in [0.5, 0.6) is 5.75 Å². The quantitative estimate of drug-likeness (QED) is 0.174. The zero-order valence-electron chi connectivity index (χ0n) is 19.2. The maximum Gasteiger partial charge on any atom is 0.191 e. The molecule has 0 aliphatic heterocycles. The predicted molar refractivity (Wildman–Crippen MR) is 135 cm³/mol. The van der Waals surface area contributed by atoms with Gasteiger partial charge in [-0.15, -0.1) is 34.2 Å². The number of aliphatic imine (C=N–C) groups is 1. The summed E-state index contributed by atoms with van der Waals surface area (Å²) in [5, 5.41) is 15.1. The van der Waals surface area contributed by atoms with Gasteiger partial charge < -0.3 is 24.7 Å². The van der Waals surface area contributed by atoms with Crippen molar-refractivity contribution in [2.45, 2.75) is 46.6 Å². The molecule has 9 heteroatoms. The Morgan fingerprint density at radius 2 is 1.94 bits per heavy atom. The number of rotatable bonds is 13. The van der Waals surface area contributed by atoms with E-state index in [4.69, 9.17) is 9.47 Å². The summed E-state index contributed by atoms with van der Waals surface area (Å²) in [7, 11) is 1.95. The van der Waals surface area contributed by atoms with Gasteiger partial charge in [0.25, 0.3) is 0 Å². The largest absolute Gasteiger partial charge is 0.494 e. The van der Waals surface area contributed by atoms with Gasteiger partial charge in [0.1, 0.15) is 18.1 Å². The highest BCUT2D eigenvalue weighted by Gasteiger charge is 2.05. The van der Waals surface area contributed by atoms with Crippen molar-refractivity contribution in [3.63, 3.8) is 0 Å². The molecule has 1 aromatic heterocycles. The van der Waals surface area contributed by atoms with Crippen molar-refractivity contribution in [2.75, 3.05) is 32.9 Å². The number of nitrogens with one attached hydrogen (secondary N) is 2. The molecule has 0 saturated heterocycles. The molecule has 0 aliphatic rings. The van der Waals surface area contributed by atoms with E-state index in [9.17, 15) is 0 Å². The highest BCUT2D eigenvalue weighted by Crippen LogP contribution is 2.13. The van der Waals surface area contributed by atoms with E-state index >= 15 is 0 Å². The number of hydrogen-bond donors (Lipinski definition) is 2. The Morgan fingerprint density at radius 1 is 1.13 bits per heavy atom. The van der Waals surface area contributed by atoms with Crippen LogP contribution in [0.2, 0.25) is 0 Å². The van der Waals surface area contributed by atoms with E-state index in [1.807, 2.05) is 37.6 Å². The third kappa shape index (κ3) is 10.3. The molecule has 0 unspecified atom stereocenters. The van der Waals surface area contributed by atoms with Crippen LogP contribution in [0.3, 0.4) is 0 Å². The second-order valence-corrected chi connectivity index (χ2v) is 7.04. The fourth-order valence-electron chi connectivity index (χ4n) is 2.77. The maximum absolute atomic E-state index is 5.73. The fraction of sp³-hybridized carbons (Fsp3) is 0.591. The van der Waals surface area contributed by atoms with Gasteiger partial charge in [0, 0.05) is 33.4 Å². The van der Waals surface area contributed by atoms with E-state index < -0.39 is 0 Å². The Kier molecular flexibility index (Phi) is 13.9. The van der Waals surface area contributed by atoms with E-state index in [-0.39, 0.29) is 24.0 Å². The zero-order chi connectivity index (χ0) is 21.6. The lowest BCUT2D eigenvalue weighted by Gasteiger charge is -2.13. The van der Waals surface area contributed by atoms with Crippen molar-refractivity contribution in [3.05, 3.63) is 41.5 Å². The van der Waals surface area contributed by atoms with Crippen molar-refractivity contribution in [1.82, 2.24) is 25.4 Å². The number of benzene rings is 1. The van der Waals surface area contributed by atoms with Crippen LogP contribution in [0.1, 0.15) is 43.9 Å². The van der Waals surface area contributed by atoms with E-state index in [0.717, 1.165) is 75.5 Å². The maximum atomic E-state index is 5.73. The van der Waals surface area contributed by atoms with Crippen LogP contribution in [-0.4, -0.2) is 53.6 Å². The first kappa shape index (κ1) is 27.2. The van der Waals surface area contributed by atoms with Crippen LogP contribution >= 0.6 is 24.0 Å². The lowest BCUT2D eigenvalue weighted by Crippen LogP contribution is -2.39. The molecule has 0 fully saturated rings. The Bertz CT molecular complexity index is 781. The topological polar surface area (TPSA) is 85.6 Å². The second kappa shape index (κ2) is 15.9. The summed E-state index contributed by atoms with van der Waals surface area (Å²) in [6.07, 6.45) is 2.81. The molecule has 31 heavy (non-hydrogen) atoms. The van der Waals surface area contributed by atoms with Gasteiger partial charge >= 0.3 is 0 Å². The molecule has 0 saturated carbocycles. The predicted octanol–water partition coefficient (Wildman–Crippen LogP) is 3.23. The Morgan fingerprint density at radius 3 is 2.65 bits per heavy atom. The fourth-order valence-corrected chi connectivity index (χ4v) is 2.77. The van der Waals surface area contributed by atoms with E-state index in [1.165, 1.54) is 5.56 Å². The van der Waals surface area contributed by atoms with Crippen molar-refractivity contribution >= 4 is 29.9 Å². The molecule has 0 bridgehead atoms. The van der Waals surface area contributed by atoms with Crippen molar-refractivity contribution in [1.29, 1.82) is 0 Å². The molecule has 1 heterocycles. The third-order valence-corrected chi connectivity index (χ3v) is 4.60. The first-order chi connectivity index (χ1) is 14.6. The summed E-state index contributed by atoms with van der Waals surface area (Å²) in [4.78, 5) is 4.68.